The maximum absolute atomic E-state index is 5.89. The largest absolute Gasteiger partial charge is 0.461 e. The Kier molecular flexibility index (Phi) is 2.81. The maximum Gasteiger partial charge on any atom is 0.257 e. The van der Waals surface area contributed by atoms with Crippen molar-refractivity contribution in [2.24, 2.45) is 0 Å². The van der Waals surface area contributed by atoms with Gasteiger partial charge >= 0.3 is 0 Å². The zero-order chi connectivity index (χ0) is 10.1. The Bertz CT molecular complexity index is 383. The third-order valence-corrected chi connectivity index (χ3v) is 2.98. The molecule has 2 nitrogen and oxygen atoms in total. The van der Waals surface area contributed by atoms with Gasteiger partial charge in [0.25, 0.3) is 5.17 Å². The highest BCUT2D eigenvalue weighted by Crippen LogP contribution is 2.28. The van der Waals surface area contributed by atoms with Gasteiger partial charge in [-0.15, -0.1) is 0 Å². The van der Waals surface area contributed by atoms with Gasteiger partial charge in [-0.1, -0.05) is 29.3 Å². The predicted molar refractivity (Wildman–Crippen MR) is 60.9 cm³/mol. The molecule has 0 saturated carbocycles. The molecule has 1 aliphatic rings. The van der Waals surface area contributed by atoms with Crippen LogP contribution < -0.4 is 5.32 Å². The Labute approximate surface area is 97.1 Å². The zero-order valence-electron chi connectivity index (χ0n) is 7.09. The zero-order valence-corrected chi connectivity index (χ0v) is 9.42. The molecule has 1 heterocycles. The highest BCUT2D eigenvalue weighted by Gasteiger charge is 2.21. The van der Waals surface area contributed by atoms with Gasteiger partial charge in [-0.05, 0) is 29.9 Å². The van der Waals surface area contributed by atoms with E-state index in [2.05, 4.69) is 5.32 Å². The standard InChI is InChI=1S/C9H7Cl2NOS/c10-6-2-1-5(3-7(6)11)8-4-12-9(14)13-8/h1-3,8H,4H2,(H,12,14). The quantitative estimate of drug-likeness (QED) is 0.772. The fraction of sp³-hybridized carbons (Fsp3) is 0.222. The Balaban J connectivity index is 2.24. The number of benzene rings is 1. The van der Waals surface area contributed by atoms with Gasteiger partial charge in [0.05, 0.1) is 16.6 Å². The van der Waals surface area contributed by atoms with Crippen LogP contribution in [0.4, 0.5) is 0 Å². The van der Waals surface area contributed by atoms with Crippen LogP contribution in [-0.2, 0) is 4.74 Å². The lowest BCUT2D eigenvalue weighted by atomic mass is 10.1. The average Bonchev–Trinajstić information content (AvgIpc) is 2.57. The molecule has 1 N–H and O–H groups in total. The Morgan fingerprint density at radius 1 is 1.36 bits per heavy atom. The van der Waals surface area contributed by atoms with Crippen LogP contribution in [-0.4, -0.2) is 11.7 Å². The van der Waals surface area contributed by atoms with E-state index in [1.807, 2.05) is 6.07 Å². The molecule has 0 aromatic heterocycles. The molecule has 14 heavy (non-hydrogen) atoms. The summed E-state index contributed by atoms with van der Waals surface area (Å²) in [7, 11) is 0. The van der Waals surface area contributed by atoms with Crippen LogP contribution in [0.5, 0.6) is 0 Å². The molecular weight excluding hydrogens is 241 g/mol. The normalized spacial score (nSPS) is 20.4. The Hall–Kier alpha value is -0.510. The first-order valence-electron chi connectivity index (χ1n) is 4.06. The number of hydrogen-bond acceptors (Lipinski definition) is 2. The van der Waals surface area contributed by atoms with Crippen molar-refractivity contribution in [2.75, 3.05) is 6.54 Å². The molecule has 0 spiro atoms. The second-order valence-corrected chi connectivity index (χ2v) is 4.13. The number of nitrogens with one attached hydrogen (secondary N) is 1. The van der Waals surface area contributed by atoms with Gasteiger partial charge in [0, 0.05) is 0 Å². The van der Waals surface area contributed by atoms with Crippen molar-refractivity contribution in [1.82, 2.24) is 5.32 Å². The van der Waals surface area contributed by atoms with Gasteiger partial charge in [-0.3, -0.25) is 0 Å². The summed E-state index contributed by atoms with van der Waals surface area (Å²) < 4.78 is 5.36. The minimum Gasteiger partial charge on any atom is -0.461 e. The van der Waals surface area contributed by atoms with Gasteiger partial charge in [0.2, 0.25) is 0 Å². The second-order valence-electron chi connectivity index (χ2n) is 2.95. The Morgan fingerprint density at radius 2 is 2.14 bits per heavy atom. The van der Waals surface area contributed by atoms with Gasteiger partial charge in [0.15, 0.2) is 0 Å². The molecule has 1 aromatic carbocycles. The van der Waals surface area contributed by atoms with Crippen LogP contribution in [0.2, 0.25) is 10.0 Å². The summed E-state index contributed by atoms with van der Waals surface area (Å²) in [6.45, 7) is 0.677. The van der Waals surface area contributed by atoms with Crippen molar-refractivity contribution in [3.63, 3.8) is 0 Å². The SMILES string of the molecule is S=C1NCC(c2ccc(Cl)c(Cl)c2)O1. The lowest BCUT2D eigenvalue weighted by molar-refractivity contribution is 0.241. The number of rotatable bonds is 1. The molecule has 2 rings (SSSR count). The van der Waals surface area contributed by atoms with E-state index in [0.717, 1.165) is 5.56 Å². The molecule has 0 bridgehead atoms. The van der Waals surface area contributed by atoms with Crippen LogP contribution in [0, 0.1) is 0 Å². The third-order valence-electron chi connectivity index (χ3n) is 2.00. The molecular formula is C9H7Cl2NOS. The fourth-order valence-corrected chi connectivity index (χ4v) is 1.79. The summed E-state index contributed by atoms with van der Waals surface area (Å²) in [6.07, 6.45) is -0.0581. The minimum absolute atomic E-state index is 0.0581. The van der Waals surface area contributed by atoms with Crippen molar-refractivity contribution in [1.29, 1.82) is 0 Å². The Morgan fingerprint density at radius 3 is 2.71 bits per heavy atom. The molecule has 1 atom stereocenters. The summed E-state index contributed by atoms with van der Waals surface area (Å²) in [6, 6.07) is 5.43. The van der Waals surface area contributed by atoms with E-state index < -0.39 is 0 Å². The molecule has 74 valence electrons. The fourth-order valence-electron chi connectivity index (χ4n) is 1.29. The summed E-state index contributed by atoms with van der Waals surface area (Å²) in [5.41, 5.74) is 0.978. The molecule has 1 unspecified atom stereocenters. The lowest BCUT2D eigenvalue weighted by Crippen LogP contribution is -2.12. The third kappa shape index (κ3) is 1.95. The summed E-state index contributed by atoms with van der Waals surface area (Å²) >= 11 is 16.6. The lowest BCUT2D eigenvalue weighted by Gasteiger charge is -2.09. The molecule has 1 fully saturated rings. The van der Waals surface area contributed by atoms with Crippen molar-refractivity contribution in [3.8, 4) is 0 Å². The van der Waals surface area contributed by atoms with Gasteiger partial charge in [0.1, 0.15) is 6.10 Å². The van der Waals surface area contributed by atoms with Gasteiger partial charge in [-0.2, -0.15) is 0 Å². The topological polar surface area (TPSA) is 21.3 Å². The van der Waals surface area contributed by atoms with Gasteiger partial charge < -0.3 is 10.1 Å². The smallest absolute Gasteiger partial charge is 0.257 e. The molecule has 5 heteroatoms. The molecule has 1 aliphatic heterocycles. The number of ether oxygens (including phenoxy) is 1. The molecule has 0 radical (unpaired) electrons. The van der Waals surface area contributed by atoms with E-state index in [9.17, 15) is 0 Å². The maximum atomic E-state index is 5.89. The number of hydrogen-bond donors (Lipinski definition) is 1. The van der Waals surface area contributed by atoms with Crippen LogP contribution in [0.1, 0.15) is 11.7 Å². The first-order valence-corrected chi connectivity index (χ1v) is 5.22. The number of halogens is 2. The first kappa shape index (κ1) is 10.0. The van der Waals surface area contributed by atoms with E-state index in [4.69, 9.17) is 40.2 Å². The number of thiocarbonyl (C=S) groups is 1. The summed E-state index contributed by atoms with van der Waals surface area (Å²) in [5, 5.41) is 4.45. The molecule has 0 amide bonds. The van der Waals surface area contributed by atoms with Crippen LogP contribution >= 0.6 is 35.4 Å². The average molecular weight is 248 g/mol. The van der Waals surface area contributed by atoms with E-state index in [0.29, 0.717) is 21.8 Å². The highest BCUT2D eigenvalue weighted by atomic mass is 35.5. The van der Waals surface area contributed by atoms with E-state index in [1.54, 1.807) is 12.1 Å². The van der Waals surface area contributed by atoms with E-state index >= 15 is 0 Å². The van der Waals surface area contributed by atoms with Crippen molar-refractivity contribution in [2.45, 2.75) is 6.10 Å². The van der Waals surface area contributed by atoms with Crippen molar-refractivity contribution < 1.29 is 4.74 Å². The van der Waals surface area contributed by atoms with Crippen LogP contribution in [0.15, 0.2) is 18.2 Å². The molecule has 1 aromatic rings. The summed E-state index contributed by atoms with van der Waals surface area (Å²) in [5.74, 6) is 0. The van der Waals surface area contributed by atoms with E-state index in [1.165, 1.54) is 0 Å². The van der Waals surface area contributed by atoms with Crippen LogP contribution in [0.25, 0.3) is 0 Å². The molecule has 0 aliphatic carbocycles. The van der Waals surface area contributed by atoms with Crippen molar-refractivity contribution in [3.05, 3.63) is 33.8 Å². The predicted octanol–water partition coefficient (Wildman–Crippen LogP) is 2.94. The van der Waals surface area contributed by atoms with Crippen molar-refractivity contribution >= 4 is 40.6 Å². The van der Waals surface area contributed by atoms with Crippen LogP contribution in [0.3, 0.4) is 0 Å². The summed E-state index contributed by atoms with van der Waals surface area (Å²) in [4.78, 5) is 0. The van der Waals surface area contributed by atoms with E-state index in [-0.39, 0.29) is 6.10 Å². The monoisotopic (exact) mass is 247 g/mol. The van der Waals surface area contributed by atoms with Gasteiger partial charge in [-0.25, -0.2) is 0 Å². The second kappa shape index (κ2) is 3.93. The highest BCUT2D eigenvalue weighted by molar-refractivity contribution is 7.80. The minimum atomic E-state index is -0.0581. The molecule has 1 saturated heterocycles. The first-order chi connectivity index (χ1) is 6.66.